The quantitative estimate of drug-likeness (QED) is 0.833. The molecular weight excluding hydrogens is 202 g/mol. The van der Waals surface area contributed by atoms with Crippen molar-refractivity contribution in [2.75, 3.05) is 0 Å². The van der Waals surface area contributed by atoms with Crippen LogP contribution in [-0.4, -0.2) is 5.54 Å². The predicted molar refractivity (Wildman–Crippen MR) is 65.0 cm³/mol. The molecule has 1 nitrogen and oxygen atoms in total. The smallest absolute Gasteiger partial charge is 0.0189 e. The van der Waals surface area contributed by atoms with E-state index in [1.807, 2.05) is 11.3 Å². The Bertz CT molecular complexity index is 332. The third kappa shape index (κ3) is 1.74. The number of rotatable bonds is 3. The number of fused-ring (bicyclic) bond motifs is 2. The van der Waals surface area contributed by atoms with Crippen LogP contribution < -0.4 is 5.73 Å². The molecule has 1 aromatic heterocycles. The fourth-order valence-corrected chi connectivity index (χ4v) is 4.31. The van der Waals surface area contributed by atoms with Gasteiger partial charge in [0.1, 0.15) is 0 Å². The Morgan fingerprint density at radius 2 is 2.40 bits per heavy atom. The van der Waals surface area contributed by atoms with Crippen molar-refractivity contribution >= 4 is 11.3 Å². The molecule has 2 fully saturated rings. The first kappa shape index (κ1) is 9.86. The molecule has 0 radical (unpaired) electrons. The van der Waals surface area contributed by atoms with E-state index >= 15 is 0 Å². The van der Waals surface area contributed by atoms with Crippen molar-refractivity contribution in [3.8, 4) is 0 Å². The average Bonchev–Trinajstić information content (AvgIpc) is 2.90. The van der Waals surface area contributed by atoms with E-state index in [1.54, 1.807) is 0 Å². The van der Waals surface area contributed by atoms with E-state index in [-0.39, 0.29) is 5.54 Å². The molecule has 2 aliphatic rings. The van der Waals surface area contributed by atoms with Crippen LogP contribution in [0.3, 0.4) is 0 Å². The molecule has 0 spiro atoms. The maximum absolute atomic E-state index is 6.57. The lowest BCUT2D eigenvalue weighted by Crippen LogP contribution is -2.45. The molecule has 2 aliphatic carbocycles. The van der Waals surface area contributed by atoms with Gasteiger partial charge in [-0.1, -0.05) is 12.5 Å². The van der Waals surface area contributed by atoms with E-state index < -0.39 is 0 Å². The summed E-state index contributed by atoms with van der Waals surface area (Å²) in [5.41, 5.74) is 6.75. The van der Waals surface area contributed by atoms with Crippen LogP contribution in [0, 0.1) is 11.8 Å². The summed E-state index contributed by atoms with van der Waals surface area (Å²) in [5.74, 6) is 1.80. The van der Waals surface area contributed by atoms with Crippen molar-refractivity contribution in [1.29, 1.82) is 0 Å². The summed E-state index contributed by atoms with van der Waals surface area (Å²) >= 11 is 1.87. The summed E-state index contributed by atoms with van der Waals surface area (Å²) in [5, 5.41) is 2.17. The van der Waals surface area contributed by atoms with Crippen LogP contribution in [0.1, 0.15) is 37.0 Å². The Kier molecular flexibility index (Phi) is 2.37. The van der Waals surface area contributed by atoms with Crippen molar-refractivity contribution in [2.24, 2.45) is 17.6 Å². The SMILES string of the molecule is NC1(CCc2cccs2)CC2CCC1C2. The number of aryl methyl sites for hydroxylation is 1. The summed E-state index contributed by atoms with van der Waals surface area (Å²) < 4.78 is 0. The average molecular weight is 221 g/mol. The zero-order valence-electron chi connectivity index (χ0n) is 9.11. The molecule has 0 aliphatic heterocycles. The Labute approximate surface area is 95.7 Å². The van der Waals surface area contributed by atoms with Gasteiger partial charge in [-0.15, -0.1) is 11.3 Å². The molecule has 2 saturated carbocycles. The second-order valence-corrected chi connectivity index (χ2v) is 6.42. The number of hydrogen-bond donors (Lipinski definition) is 1. The first-order valence-corrected chi connectivity index (χ1v) is 6.95. The zero-order valence-corrected chi connectivity index (χ0v) is 9.93. The van der Waals surface area contributed by atoms with Crippen molar-refractivity contribution in [1.82, 2.24) is 0 Å². The molecule has 82 valence electrons. The maximum Gasteiger partial charge on any atom is 0.0189 e. The minimum absolute atomic E-state index is 0.187. The van der Waals surface area contributed by atoms with Gasteiger partial charge in [0.05, 0.1) is 0 Å². The van der Waals surface area contributed by atoms with Crippen molar-refractivity contribution < 1.29 is 0 Å². The Morgan fingerprint density at radius 3 is 3.00 bits per heavy atom. The predicted octanol–water partition coefficient (Wildman–Crippen LogP) is 3.20. The summed E-state index contributed by atoms with van der Waals surface area (Å²) in [7, 11) is 0. The molecule has 0 amide bonds. The third-order valence-electron chi connectivity index (χ3n) is 4.44. The highest BCUT2D eigenvalue weighted by Crippen LogP contribution is 2.51. The molecule has 3 rings (SSSR count). The zero-order chi connectivity index (χ0) is 10.3. The van der Waals surface area contributed by atoms with Gasteiger partial charge in [0.2, 0.25) is 0 Å². The third-order valence-corrected chi connectivity index (χ3v) is 5.38. The molecule has 3 atom stereocenters. The van der Waals surface area contributed by atoms with E-state index in [9.17, 15) is 0 Å². The lowest BCUT2D eigenvalue weighted by Gasteiger charge is -2.33. The Morgan fingerprint density at radius 1 is 1.47 bits per heavy atom. The number of hydrogen-bond acceptors (Lipinski definition) is 2. The first-order valence-electron chi connectivity index (χ1n) is 6.07. The normalized spacial score (nSPS) is 38.7. The van der Waals surface area contributed by atoms with Gasteiger partial charge in [0.25, 0.3) is 0 Å². The van der Waals surface area contributed by atoms with E-state index in [1.165, 1.54) is 43.4 Å². The van der Waals surface area contributed by atoms with Crippen LogP contribution in [0.15, 0.2) is 17.5 Å². The van der Waals surface area contributed by atoms with Gasteiger partial charge < -0.3 is 5.73 Å². The van der Waals surface area contributed by atoms with Gasteiger partial charge in [-0.05, 0) is 55.4 Å². The summed E-state index contributed by atoms with van der Waals surface area (Å²) in [6, 6.07) is 4.38. The van der Waals surface area contributed by atoms with E-state index in [4.69, 9.17) is 5.73 Å². The molecule has 2 bridgehead atoms. The summed E-state index contributed by atoms with van der Waals surface area (Å²) in [6.07, 6.45) is 7.95. The summed E-state index contributed by atoms with van der Waals surface area (Å²) in [4.78, 5) is 1.50. The highest BCUT2D eigenvalue weighted by Gasteiger charge is 2.47. The minimum atomic E-state index is 0.187. The molecule has 1 aromatic rings. The largest absolute Gasteiger partial charge is 0.325 e. The highest BCUT2D eigenvalue weighted by atomic mass is 32.1. The van der Waals surface area contributed by atoms with E-state index in [2.05, 4.69) is 17.5 Å². The molecule has 0 aromatic carbocycles. The van der Waals surface area contributed by atoms with Gasteiger partial charge in [-0.3, -0.25) is 0 Å². The van der Waals surface area contributed by atoms with Gasteiger partial charge >= 0.3 is 0 Å². The molecule has 1 heterocycles. The molecule has 2 heteroatoms. The first-order chi connectivity index (χ1) is 7.26. The van der Waals surface area contributed by atoms with Crippen LogP contribution in [0.25, 0.3) is 0 Å². The lowest BCUT2D eigenvalue weighted by atomic mass is 9.78. The Hall–Kier alpha value is -0.340. The van der Waals surface area contributed by atoms with Crippen molar-refractivity contribution in [3.63, 3.8) is 0 Å². The molecule has 2 N–H and O–H groups in total. The Balaban J connectivity index is 1.63. The van der Waals surface area contributed by atoms with Crippen LogP contribution >= 0.6 is 11.3 Å². The molecular formula is C13H19NS. The van der Waals surface area contributed by atoms with Gasteiger partial charge in [0.15, 0.2) is 0 Å². The van der Waals surface area contributed by atoms with Gasteiger partial charge in [-0.25, -0.2) is 0 Å². The van der Waals surface area contributed by atoms with E-state index in [0.29, 0.717) is 0 Å². The number of thiophene rings is 1. The van der Waals surface area contributed by atoms with Gasteiger partial charge in [-0.2, -0.15) is 0 Å². The second kappa shape index (κ2) is 3.60. The standard InChI is InChI=1S/C13H19NS/c14-13(6-5-12-2-1-7-15-12)9-10-3-4-11(13)8-10/h1-2,7,10-11H,3-6,8-9,14H2. The van der Waals surface area contributed by atoms with Crippen LogP contribution in [0.2, 0.25) is 0 Å². The fourth-order valence-electron chi connectivity index (χ4n) is 3.60. The van der Waals surface area contributed by atoms with Gasteiger partial charge in [0, 0.05) is 10.4 Å². The monoisotopic (exact) mass is 221 g/mol. The van der Waals surface area contributed by atoms with Crippen LogP contribution in [0.5, 0.6) is 0 Å². The molecule has 15 heavy (non-hydrogen) atoms. The highest BCUT2D eigenvalue weighted by molar-refractivity contribution is 7.09. The maximum atomic E-state index is 6.57. The summed E-state index contributed by atoms with van der Waals surface area (Å²) in [6.45, 7) is 0. The van der Waals surface area contributed by atoms with Crippen molar-refractivity contribution in [3.05, 3.63) is 22.4 Å². The lowest BCUT2D eigenvalue weighted by molar-refractivity contribution is 0.254. The second-order valence-electron chi connectivity index (χ2n) is 5.39. The molecule has 3 unspecified atom stereocenters. The topological polar surface area (TPSA) is 26.0 Å². The van der Waals surface area contributed by atoms with Crippen LogP contribution in [0.4, 0.5) is 0 Å². The molecule has 0 saturated heterocycles. The fraction of sp³-hybridized carbons (Fsp3) is 0.692. The van der Waals surface area contributed by atoms with E-state index in [0.717, 1.165) is 11.8 Å². The minimum Gasteiger partial charge on any atom is -0.325 e. The number of nitrogens with two attached hydrogens (primary N) is 1. The van der Waals surface area contributed by atoms with Crippen molar-refractivity contribution in [2.45, 2.75) is 44.1 Å². The van der Waals surface area contributed by atoms with Crippen LogP contribution in [-0.2, 0) is 6.42 Å².